The fourth-order valence-electron chi connectivity index (χ4n) is 3.75. The van der Waals surface area contributed by atoms with E-state index in [1.165, 1.54) is 5.56 Å². The number of hydrogen-bond acceptors (Lipinski definition) is 2. The van der Waals surface area contributed by atoms with Crippen LogP contribution in [0.1, 0.15) is 35.2 Å². The highest BCUT2D eigenvalue weighted by molar-refractivity contribution is 6.00. The van der Waals surface area contributed by atoms with Gasteiger partial charge >= 0.3 is 0 Å². The van der Waals surface area contributed by atoms with Crippen molar-refractivity contribution < 1.29 is 4.79 Å². The summed E-state index contributed by atoms with van der Waals surface area (Å²) in [4.78, 5) is 14.6. The molecule has 1 atom stereocenters. The smallest absolute Gasteiger partial charge is 0.157 e. The number of carbonyl (C=O) groups excluding carboxylic acids is 1. The highest BCUT2D eigenvalue weighted by Gasteiger charge is 2.33. The summed E-state index contributed by atoms with van der Waals surface area (Å²) in [5.74, 6) is 0.00577. The van der Waals surface area contributed by atoms with Gasteiger partial charge in [0, 0.05) is 17.0 Å². The molecular formula is C26H23NO. The van der Waals surface area contributed by atoms with Crippen LogP contribution in [-0.4, -0.2) is 5.78 Å². The molecule has 0 bridgehead atoms. The average molecular weight is 365 g/mol. The van der Waals surface area contributed by atoms with Crippen molar-refractivity contribution in [3.63, 3.8) is 0 Å². The van der Waals surface area contributed by atoms with E-state index in [2.05, 4.69) is 73.0 Å². The second-order valence-electron chi connectivity index (χ2n) is 7.21. The van der Waals surface area contributed by atoms with Crippen LogP contribution in [0.15, 0.2) is 91.0 Å². The summed E-state index contributed by atoms with van der Waals surface area (Å²) >= 11 is 0. The number of benzene rings is 3. The van der Waals surface area contributed by atoms with Crippen molar-refractivity contribution in [2.45, 2.75) is 19.9 Å². The Morgan fingerprint density at radius 3 is 2.21 bits per heavy atom. The molecule has 3 aromatic rings. The lowest BCUT2D eigenvalue weighted by atomic mass is 9.86. The van der Waals surface area contributed by atoms with Crippen molar-refractivity contribution >= 4 is 23.2 Å². The largest absolute Gasteiger partial charge is 0.329 e. The molecule has 4 rings (SSSR count). The predicted octanol–water partition coefficient (Wildman–Crippen LogP) is 6.20. The summed E-state index contributed by atoms with van der Waals surface area (Å²) in [7, 11) is 0. The van der Waals surface area contributed by atoms with Crippen LogP contribution in [0.2, 0.25) is 0 Å². The van der Waals surface area contributed by atoms with Crippen LogP contribution in [0.3, 0.4) is 0 Å². The fraction of sp³-hybridized carbons (Fsp3) is 0.115. The van der Waals surface area contributed by atoms with Gasteiger partial charge in [0.25, 0.3) is 0 Å². The van der Waals surface area contributed by atoms with Gasteiger partial charge in [-0.3, -0.25) is 4.79 Å². The molecule has 0 fully saturated rings. The number of ketones is 1. The zero-order valence-corrected chi connectivity index (χ0v) is 16.2. The Labute approximate surface area is 166 Å². The molecule has 0 spiro atoms. The number of aryl methyl sites for hydroxylation is 1. The van der Waals surface area contributed by atoms with Crippen LogP contribution in [0, 0.1) is 6.92 Å². The molecule has 138 valence electrons. The molecule has 0 aromatic heterocycles. The van der Waals surface area contributed by atoms with Crippen LogP contribution >= 0.6 is 0 Å². The number of fused-ring (bicyclic) bond motifs is 1. The zero-order valence-electron chi connectivity index (χ0n) is 16.2. The normalized spacial score (nSPS) is 15.6. The number of Topliss-reactive ketones (excluding diaryl/α,β-unsaturated/α-hetero) is 1. The Hall–Kier alpha value is -3.39. The molecule has 2 heteroatoms. The lowest BCUT2D eigenvalue weighted by molar-refractivity contribution is -0.113. The Bertz CT molecular complexity index is 1060. The summed E-state index contributed by atoms with van der Waals surface area (Å²) in [5, 5.41) is 0. The molecule has 1 aliphatic heterocycles. The predicted molar refractivity (Wildman–Crippen MR) is 117 cm³/mol. The Kier molecular flexibility index (Phi) is 4.70. The summed E-state index contributed by atoms with van der Waals surface area (Å²) in [6, 6.07) is 26.7. The molecule has 0 saturated carbocycles. The van der Waals surface area contributed by atoms with Gasteiger partial charge in [0.15, 0.2) is 5.78 Å². The summed E-state index contributed by atoms with van der Waals surface area (Å²) in [6.45, 7) is 7.85. The highest BCUT2D eigenvalue weighted by atomic mass is 16.1. The van der Waals surface area contributed by atoms with Crippen LogP contribution < -0.4 is 4.90 Å². The third kappa shape index (κ3) is 3.18. The molecule has 0 amide bonds. The minimum atomic E-state index is -0.239. The maximum absolute atomic E-state index is 12.4. The minimum Gasteiger partial charge on any atom is -0.329 e. The first kappa shape index (κ1) is 18.0. The van der Waals surface area contributed by atoms with Crippen molar-refractivity contribution in [3.8, 4) is 0 Å². The van der Waals surface area contributed by atoms with Crippen molar-refractivity contribution in [2.24, 2.45) is 0 Å². The first-order chi connectivity index (χ1) is 13.6. The third-order valence-corrected chi connectivity index (χ3v) is 5.26. The van der Waals surface area contributed by atoms with Crippen molar-refractivity contribution in [1.29, 1.82) is 0 Å². The van der Waals surface area contributed by atoms with Gasteiger partial charge in [-0.05, 0) is 48.7 Å². The standard InChI is InChI=1S/C26H23NO/c1-18-13-15-23(16-14-18)27-25(21-9-5-4-6-10-21)17-22-11-7-8-12-24(22)26(27)19(2)20(3)28/h4-17,26H,2H2,1,3H3. The van der Waals surface area contributed by atoms with Gasteiger partial charge in [-0.15, -0.1) is 0 Å². The van der Waals surface area contributed by atoms with Gasteiger partial charge in [0.1, 0.15) is 0 Å². The van der Waals surface area contributed by atoms with Crippen molar-refractivity contribution in [2.75, 3.05) is 4.90 Å². The van der Waals surface area contributed by atoms with E-state index in [0.29, 0.717) is 5.57 Å². The van der Waals surface area contributed by atoms with E-state index < -0.39 is 0 Å². The first-order valence-corrected chi connectivity index (χ1v) is 9.48. The Morgan fingerprint density at radius 1 is 0.893 bits per heavy atom. The number of rotatable bonds is 4. The number of nitrogens with zero attached hydrogens (tertiary/aromatic N) is 1. The summed E-state index contributed by atoms with van der Waals surface area (Å²) < 4.78 is 0. The van der Waals surface area contributed by atoms with Gasteiger partial charge in [-0.25, -0.2) is 0 Å². The highest BCUT2D eigenvalue weighted by Crippen LogP contribution is 2.44. The molecule has 0 saturated heterocycles. The molecule has 1 aliphatic rings. The molecule has 3 aromatic carbocycles. The second kappa shape index (κ2) is 7.32. The van der Waals surface area contributed by atoms with Gasteiger partial charge in [0.05, 0.1) is 6.04 Å². The van der Waals surface area contributed by atoms with E-state index in [-0.39, 0.29) is 11.8 Å². The quantitative estimate of drug-likeness (QED) is 0.513. The average Bonchev–Trinajstić information content (AvgIpc) is 2.73. The summed E-state index contributed by atoms with van der Waals surface area (Å²) in [5.41, 5.74) is 7.24. The monoisotopic (exact) mass is 365 g/mol. The maximum atomic E-state index is 12.4. The first-order valence-electron chi connectivity index (χ1n) is 9.48. The lowest BCUT2D eigenvalue weighted by Crippen LogP contribution is -2.33. The van der Waals surface area contributed by atoms with E-state index in [1.54, 1.807) is 6.92 Å². The van der Waals surface area contributed by atoms with E-state index in [0.717, 1.165) is 28.1 Å². The maximum Gasteiger partial charge on any atom is 0.157 e. The topological polar surface area (TPSA) is 20.3 Å². The third-order valence-electron chi connectivity index (χ3n) is 5.26. The van der Waals surface area contributed by atoms with Crippen LogP contribution in [0.5, 0.6) is 0 Å². The van der Waals surface area contributed by atoms with Crippen LogP contribution in [-0.2, 0) is 4.79 Å². The second-order valence-corrected chi connectivity index (χ2v) is 7.21. The molecule has 0 N–H and O–H groups in total. The Morgan fingerprint density at radius 2 is 1.54 bits per heavy atom. The number of anilines is 1. The fourth-order valence-corrected chi connectivity index (χ4v) is 3.75. The number of carbonyl (C=O) groups is 1. The van der Waals surface area contributed by atoms with E-state index >= 15 is 0 Å². The SMILES string of the molecule is C=C(C(C)=O)C1c2ccccc2C=C(c2ccccc2)N1c1ccc(C)cc1. The molecule has 28 heavy (non-hydrogen) atoms. The molecule has 2 nitrogen and oxygen atoms in total. The van der Waals surface area contributed by atoms with Gasteiger partial charge < -0.3 is 4.90 Å². The molecule has 1 heterocycles. The minimum absolute atomic E-state index is 0.00577. The molecule has 0 radical (unpaired) electrons. The van der Waals surface area contributed by atoms with E-state index in [1.807, 2.05) is 30.3 Å². The molecular weight excluding hydrogens is 342 g/mol. The van der Waals surface area contributed by atoms with E-state index in [9.17, 15) is 4.79 Å². The lowest BCUT2D eigenvalue weighted by Gasteiger charge is -2.40. The Balaban J connectivity index is 1.99. The van der Waals surface area contributed by atoms with Gasteiger partial charge in [-0.1, -0.05) is 78.9 Å². The molecule has 0 aliphatic carbocycles. The van der Waals surface area contributed by atoms with Crippen molar-refractivity contribution in [1.82, 2.24) is 0 Å². The van der Waals surface area contributed by atoms with Gasteiger partial charge in [0.2, 0.25) is 0 Å². The molecule has 1 unspecified atom stereocenters. The van der Waals surface area contributed by atoms with Crippen LogP contribution in [0.4, 0.5) is 5.69 Å². The van der Waals surface area contributed by atoms with Crippen molar-refractivity contribution in [3.05, 3.63) is 113 Å². The van der Waals surface area contributed by atoms with Crippen LogP contribution in [0.25, 0.3) is 11.8 Å². The van der Waals surface area contributed by atoms with E-state index in [4.69, 9.17) is 0 Å². The zero-order chi connectivity index (χ0) is 19.7. The number of hydrogen-bond donors (Lipinski definition) is 0. The summed E-state index contributed by atoms with van der Waals surface area (Å²) in [6.07, 6.45) is 2.20. The van der Waals surface area contributed by atoms with Gasteiger partial charge in [-0.2, -0.15) is 0 Å².